The summed E-state index contributed by atoms with van der Waals surface area (Å²) in [4.78, 5) is 14.3. The molecule has 0 radical (unpaired) electrons. The van der Waals surface area contributed by atoms with Crippen LogP contribution in [0.4, 0.5) is 11.5 Å². The summed E-state index contributed by atoms with van der Waals surface area (Å²) in [5.41, 5.74) is 0.646. The van der Waals surface area contributed by atoms with Crippen molar-refractivity contribution in [3.63, 3.8) is 0 Å². The third-order valence-electron chi connectivity index (χ3n) is 3.88. The summed E-state index contributed by atoms with van der Waals surface area (Å²) in [6.45, 7) is 2.70. The van der Waals surface area contributed by atoms with E-state index < -0.39 is 4.92 Å². The predicted octanol–water partition coefficient (Wildman–Crippen LogP) is 2.12. The maximum absolute atomic E-state index is 10.7. The van der Waals surface area contributed by atoms with E-state index in [1.54, 1.807) is 13.0 Å². The zero-order valence-electron chi connectivity index (χ0n) is 11.0. The van der Waals surface area contributed by atoms with Crippen LogP contribution in [0.1, 0.15) is 24.8 Å². The molecule has 1 heterocycles. The van der Waals surface area contributed by atoms with Crippen LogP contribution in [0.15, 0.2) is 12.3 Å². The van der Waals surface area contributed by atoms with Crippen LogP contribution in [0.3, 0.4) is 0 Å². The van der Waals surface area contributed by atoms with E-state index in [-0.39, 0.29) is 12.3 Å². The van der Waals surface area contributed by atoms with E-state index in [1.165, 1.54) is 6.20 Å². The molecule has 0 aromatic carbocycles. The lowest BCUT2D eigenvalue weighted by molar-refractivity contribution is -0.385. The van der Waals surface area contributed by atoms with Crippen molar-refractivity contribution >= 4 is 11.5 Å². The van der Waals surface area contributed by atoms with Crippen molar-refractivity contribution in [1.82, 2.24) is 4.98 Å². The van der Waals surface area contributed by atoms with Crippen LogP contribution in [-0.4, -0.2) is 28.2 Å². The molecule has 1 aliphatic rings. The van der Waals surface area contributed by atoms with Gasteiger partial charge in [-0.05, 0) is 37.7 Å². The summed E-state index contributed by atoms with van der Waals surface area (Å²) in [6.07, 6.45) is 4.64. The fourth-order valence-electron chi connectivity index (χ4n) is 2.69. The number of hydrogen-bond acceptors (Lipinski definition) is 5. The Kier molecular flexibility index (Phi) is 4.31. The molecule has 104 valence electrons. The molecular formula is C13H19N3O3. The average molecular weight is 265 g/mol. The monoisotopic (exact) mass is 265 g/mol. The zero-order chi connectivity index (χ0) is 13.8. The third kappa shape index (κ3) is 3.20. The number of aliphatic hydroxyl groups excluding tert-OH is 1. The highest BCUT2D eigenvalue weighted by molar-refractivity contribution is 5.46. The summed E-state index contributed by atoms with van der Waals surface area (Å²) in [7, 11) is 0. The Morgan fingerprint density at radius 2 is 2.26 bits per heavy atom. The molecule has 1 aliphatic carbocycles. The van der Waals surface area contributed by atoms with Crippen LogP contribution in [0, 0.1) is 28.9 Å². The van der Waals surface area contributed by atoms with Gasteiger partial charge < -0.3 is 10.4 Å². The highest BCUT2D eigenvalue weighted by Crippen LogP contribution is 2.31. The first kappa shape index (κ1) is 13.7. The molecule has 6 heteroatoms. The van der Waals surface area contributed by atoms with Crippen molar-refractivity contribution in [2.24, 2.45) is 11.8 Å². The molecule has 0 saturated heterocycles. The number of nitrogens with zero attached hydrogens (tertiary/aromatic N) is 2. The standard InChI is InChI=1S/C13H19N3O3/c1-9-5-13(15-7-12(9)16(18)19)14-6-10-3-2-4-11(10)8-17/h5,7,10-11,17H,2-4,6,8H2,1H3,(H,14,15). The van der Waals surface area contributed by atoms with Gasteiger partial charge in [0.1, 0.15) is 12.0 Å². The van der Waals surface area contributed by atoms with Crippen LogP contribution in [0.5, 0.6) is 0 Å². The number of pyridine rings is 1. The number of aliphatic hydroxyl groups is 1. The van der Waals surface area contributed by atoms with Crippen molar-refractivity contribution in [2.75, 3.05) is 18.5 Å². The summed E-state index contributed by atoms with van der Waals surface area (Å²) >= 11 is 0. The minimum absolute atomic E-state index is 0.0413. The smallest absolute Gasteiger partial charge is 0.290 e. The quantitative estimate of drug-likeness (QED) is 0.629. The van der Waals surface area contributed by atoms with Gasteiger partial charge in [-0.25, -0.2) is 4.98 Å². The number of aryl methyl sites for hydroxylation is 1. The van der Waals surface area contributed by atoms with Gasteiger partial charge in [-0.1, -0.05) is 6.42 Å². The lowest BCUT2D eigenvalue weighted by atomic mass is 9.97. The third-order valence-corrected chi connectivity index (χ3v) is 3.88. The highest BCUT2D eigenvalue weighted by Gasteiger charge is 2.26. The van der Waals surface area contributed by atoms with E-state index in [4.69, 9.17) is 0 Å². The number of nitrogens with one attached hydrogen (secondary N) is 1. The first-order valence-corrected chi connectivity index (χ1v) is 6.57. The molecular weight excluding hydrogens is 246 g/mol. The Hall–Kier alpha value is -1.69. The largest absolute Gasteiger partial charge is 0.396 e. The second-order valence-corrected chi connectivity index (χ2v) is 5.13. The number of anilines is 1. The predicted molar refractivity (Wildman–Crippen MR) is 72.0 cm³/mol. The fourth-order valence-corrected chi connectivity index (χ4v) is 2.69. The van der Waals surface area contributed by atoms with E-state index in [1.807, 2.05) is 0 Å². The maximum atomic E-state index is 10.7. The summed E-state index contributed by atoms with van der Waals surface area (Å²) in [6, 6.07) is 1.70. The summed E-state index contributed by atoms with van der Waals surface area (Å²) in [5, 5.41) is 23.2. The van der Waals surface area contributed by atoms with Crippen molar-refractivity contribution in [3.05, 3.63) is 27.9 Å². The van der Waals surface area contributed by atoms with Crippen molar-refractivity contribution in [1.29, 1.82) is 0 Å². The van der Waals surface area contributed by atoms with Gasteiger partial charge in [0.2, 0.25) is 0 Å². The molecule has 19 heavy (non-hydrogen) atoms. The molecule has 6 nitrogen and oxygen atoms in total. The molecule has 2 rings (SSSR count). The molecule has 1 aromatic rings. The first-order chi connectivity index (χ1) is 9.11. The average Bonchev–Trinajstić information content (AvgIpc) is 2.83. The first-order valence-electron chi connectivity index (χ1n) is 6.57. The maximum Gasteiger partial charge on any atom is 0.290 e. The van der Waals surface area contributed by atoms with Gasteiger partial charge in [-0.15, -0.1) is 0 Å². The lowest BCUT2D eigenvalue weighted by Gasteiger charge is -2.18. The Bertz CT molecular complexity index is 464. The normalized spacial score (nSPS) is 22.4. The molecule has 2 atom stereocenters. The van der Waals surface area contributed by atoms with Crippen molar-refractivity contribution in [3.8, 4) is 0 Å². The highest BCUT2D eigenvalue weighted by atomic mass is 16.6. The van der Waals surface area contributed by atoms with Crippen molar-refractivity contribution in [2.45, 2.75) is 26.2 Å². The number of rotatable bonds is 5. The number of aromatic nitrogens is 1. The molecule has 1 fully saturated rings. The van der Waals surface area contributed by atoms with Gasteiger partial charge in [0, 0.05) is 18.7 Å². The number of nitro groups is 1. The second kappa shape index (κ2) is 5.97. The minimum Gasteiger partial charge on any atom is -0.396 e. The van der Waals surface area contributed by atoms with Crippen LogP contribution >= 0.6 is 0 Å². The van der Waals surface area contributed by atoms with Gasteiger partial charge in [0.15, 0.2) is 0 Å². The van der Waals surface area contributed by atoms with Crippen LogP contribution < -0.4 is 5.32 Å². The van der Waals surface area contributed by atoms with Gasteiger partial charge in [-0.2, -0.15) is 0 Å². The van der Waals surface area contributed by atoms with E-state index in [0.29, 0.717) is 23.2 Å². The molecule has 0 bridgehead atoms. The molecule has 2 N–H and O–H groups in total. The molecule has 1 aromatic heterocycles. The second-order valence-electron chi connectivity index (χ2n) is 5.13. The van der Waals surface area contributed by atoms with Gasteiger partial charge in [-0.3, -0.25) is 10.1 Å². The molecule has 0 amide bonds. The van der Waals surface area contributed by atoms with Crippen molar-refractivity contribution < 1.29 is 10.0 Å². The van der Waals surface area contributed by atoms with Crippen LogP contribution in [0.25, 0.3) is 0 Å². The van der Waals surface area contributed by atoms with Gasteiger partial charge >= 0.3 is 0 Å². The Morgan fingerprint density at radius 1 is 1.53 bits per heavy atom. The Labute approximate surface area is 112 Å². The summed E-state index contributed by atoms with van der Waals surface area (Å²) in [5.74, 6) is 1.49. The van der Waals surface area contributed by atoms with E-state index in [9.17, 15) is 15.2 Å². The molecule has 0 aliphatic heterocycles. The Morgan fingerprint density at radius 3 is 2.89 bits per heavy atom. The van der Waals surface area contributed by atoms with Crippen LogP contribution in [0.2, 0.25) is 0 Å². The SMILES string of the molecule is Cc1cc(NCC2CCCC2CO)ncc1[N+](=O)[O-]. The zero-order valence-corrected chi connectivity index (χ0v) is 11.0. The fraction of sp³-hybridized carbons (Fsp3) is 0.615. The number of hydrogen-bond donors (Lipinski definition) is 2. The van der Waals surface area contributed by atoms with E-state index >= 15 is 0 Å². The van der Waals surface area contributed by atoms with E-state index in [2.05, 4.69) is 10.3 Å². The summed E-state index contributed by atoms with van der Waals surface area (Å²) < 4.78 is 0. The van der Waals surface area contributed by atoms with Crippen LogP contribution in [-0.2, 0) is 0 Å². The topological polar surface area (TPSA) is 88.3 Å². The molecule has 0 spiro atoms. The Balaban J connectivity index is 1.96. The minimum atomic E-state index is -0.426. The lowest BCUT2D eigenvalue weighted by Crippen LogP contribution is -2.21. The van der Waals surface area contributed by atoms with Gasteiger partial charge in [0.05, 0.1) is 4.92 Å². The van der Waals surface area contributed by atoms with Gasteiger partial charge in [0.25, 0.3) is 5.69 Å². The van der Waals surface area contributed by atoms with E-state index in [0.717, 1.165) is 25.8 Å². The molecule has 2 unspecified atom stereocenters. The molecule has 1 saturated carbocycles.